The number of rotatable bonds is 17. The summed E-state index contributed by atoms with van der Waals surface area (Å²) in [5, 5.41) is 37.6. The number of nitrogens with zero attached hydrogens (tertiary/aromatic N) is 10. The molecule has 2 amide bonds. The molecule has 22 heteroatoms. The van der Waals surface area contributed by atoms with E-state index in [2.05, 4.69) is 79.0 Å². The number of hydrogen-bond donors (Lipinski definition) is 5. The number of hydrogen-bond acceptors (Lipinski definition) is 15. The van der Waals surface area contributed by atoms with Crippen molar-refractivity contribution >= 4 is 61.2 Å². The van der Waals surface area contributed by atoms with Gasteiger partial charge in [-0.05, 0) is 142 Å². The van der Waals surface area contributed by atoms with E-state index in [-0.39, 0.29) is 79.3 Å². The number of amides is 2. The normalized spacial score (nSPS) is 21.3. The molecule has 1 saturated carbocycles. The summed E-state index contributed by atoms with van der Waals surface area (Å²) in [5.74, 6) is 0.361. The fourth-order valence-electron chi connectivity index (χ4n) is 15.0. The summed E-state index contributed by atoms with van der Waals surface area (Å²) < 4.78 is 39.4. The van der Waals surface area contributed by atoms with E-state index in [1.165, 1.54) is 16.5 Å². The monoisotopic (exact) mass is 1220 g/mol. The van der Waals surface area contributed by atoms with Gasteiger partial charge in [0.25, 0.3) is 5.56 Å². The van der Waals surface area contributed by atoms with Crippen LogP contribution >= 0.6 is 0 Å². The van der Waals surface area contributed by atoms with Gasteiger partial charge in [0.15, 0.2) is 11.3 Å². The van der Waals surface area contributed by atoms with Crippen LogP contribution in [0, 0.1) is 18.7 Å². The highest BCUT2D eigenvalue weighted by Crippen LogP contribution is 2.54. The lowest BCUT2D eigenvalue weighted by molar-refractivity contribution is -0.142. The predicted molar refractivity (Wildman–Crippen MR) is 340 cm³/mol. The van der Waals surface area contributed by atoms with Gasteiger partial charge in [0, 0.05) is 120 Å². The SMILES string of the molecule is CCn1nccc1-c1ccc(CNC(=O)[C@@H]2C[C@@H](O)CN2C(=O)[C@H](C(C)C)n2cc3c(n2)c(=O)[nH]c2cc(COc4c(-c5c(C)c(F)cc6[nH]ncc56)c(C5CC5)cc5c(N6C[C@@H]7C[C@H]6CN7)nc(OC6CCOCC6)nc45)ccc23)c(C2CCN(C)CC2)c1. The molecular formula is C68H77FN14O7. The molecule has 6 fully saturated rings. The number of likely N-dealkylation sites (tertiary alicyclic amines) is 2. The first kappa shape index (κ1) is 58.1. The minimum atomic E-state index is -0.928. The first-order valence-corrected chi connectivity index (χ1v) is 32.2. The second-order valence-corrected chi connectivity index (χ2v) is 26.3. The van der Waals surface area contributed by atoms with Crippen molar-refractivity contribution in [3.8, 4) is 34.1 Å². The molecule has 2 bridgehead atoms. The standard InChI is InChI=1S/C68H77FN14O7/c1-6-82-56(13-18-73-82)41-10-11-42(48(24-41)40-14-19-79(5)20-15-40)29-71-65(85)57-26-45(84)33-81(57)67(87)62(36(2)3)83-34-52-47-12-7-38(23-54(47)74-66(86)61(52)78-83)35-89-63-59(58-37(4)53(69)28-55-51(58)31-72-77-55)49(39-8-9-39)27-50-60(63)75-68(90-46-16-21-88-22-17-46)76-64(50)80-32-43-25-44(80)30-70-43/h7,10-13,18,23-24,27-28,31,34,36,39-40,43-46,57,62,70,84H,6,8-9,14-17,19-22,25-26,29-30,32-33,35H2,1-5H3,(H,71,85)(H,72,77)(H,74,86)/t43-,44-,45+,57-,62-/m0/s1. The van der Waals surface area contributed by atoms with E-state index in [1.807, 2.05) is 49.0 Å². The largest absolute Gasteiger partial charge is 0.486 e. The number of ether oxygens (including phenoxy) is 3. The number of piperazine rings is 1. The number of aryl methyl sites for hydroxylation is 1. The van der Waals surface area contributed by atoms with Gasteiger partial charge in [-0.3, -0.25) is 28.8 Å². The van der Waals surface area contributed by atoms with Gasteiger partial charge in [0.05, 0.1) is 36.7 Å². The lowest BCUT2D eigenvalue weighted by Gasteiger charge is -2.31. The predicted octanol–water partition coefficient (Wildman–Crippen LogP) is 8.54. The molecule has 0 radical (unpaired) electrons. The first-order chi connectivity index (χ1) is 43.7. The van der Waals surface area contributed by atoms with Crippen LogP contribution in [0.1, 0.15) is 118 Å². The van der Waals surface area contributed by atoms with Crippen molar-refractivity contribution < 1.29 is 33.3 Å². The van der Waals surface area contributed by atoms with E-state index in [9.17, 15) is 14.7 Å². The highest BCUT2D eigenvalue weighted by molar-refractivity contribution is 6.07. The summed E-state index contributed by atoms with van der Waals surface area (Å²) in [7, 11) is 2.15. The number of carbonyl (C=O) groups is 2. The molecule has 15 rings (SSSR count). The van der Waals surface area contributed by atoms with Crippen molar-refractivity contribution in [1.29, 1.82) is 0 Å². The molecule has 90 heavy (non-hydrogen) atoms. The van der Waals surface area contributed by atoms with Crippen LogP contribution in [0.25, 0.3) is 66.0 Å². The molecule has 5 atom stereocenters. The Bertz CT molecular complexity index is 4330. The molecule has 0 spiro atoms. The van der Waals surface area contributed by atoms with Crippen molar-refractivity contribution in [3.05, 3.63) is 117 Å². The first-order valence-electron chi connectivity index (χ1n) is 32.2. The van der Waals surface area contributed by atoms with Gasteiger partial charge >= 0.3 is 6.01 Å². The minimum absolute atomic E-state index is 0.0238. The number of piperidine rings is 1. The summed E-state index contributed by atoms with van der Waals surface area (Å²) in [5.41, 5.74) is 9.38. The molecule has 6 aliphatic rings. The number of aliphatic hydroxyl groups excluding tert-OH is 1. The lowest BCUT2D eigenvalue weighted by Crippen LogP contribution is -2.49. The molecule has 5 aliphatic heterocycles. The summed E-state index contributed by atoms with van der Waals surface area (Å²) in [6.45, 7) is 13.5. The quantitative estimate of drug-likeness (QED) is 0.0574. The number of benzene rings is 4. The van der Waals surface area contributed by atoms with Crippen molar-refractivity contribution in [3.63, 3.8) is 0 Å². The van der Waals surface area contributed by atoms with Gasteiger partial charge in [-0.15, -0.1) is 0 Å². The zero-order chi connectivity index (χ0) is 61.6. The van der Waals surface area contributed by atoms with Gasteiger partial charge < -0.3 is 49.6 Å². The van der Waals surface area contributed by atoms with E-state index in [1.54, 1.807) is 24.0 Å². The molecule has 5 saturated heterocycles. The Morgan fingerprint density at radius 2 is 1.71 bits per heavy atom. The number of H-pyrrole nitrogens is 2. The fourth-order valence-corrected chi connectivity index (χ4v) is 15.0. The van der Waals surface area contributed by atoms with Crippen LogP contribution in [0.2, 0.25) is 0 Å². The maximum absolute atomic E-state index is 16.3. The molecule has 468 valence electrons. The summed E-state index contributed by atoms with van der Waals surface area (Å²) >= 11 is 0. The molecule has 21 nitrogen and oxygen atoms in total. The number of halogens is 1. The van der Waals surface area contributed by atoms with E-state index in [0.717, 1.165) is 115 Å². The van der Waals surface area contributed by atoms with Crippen LogP contribution < -0.4 is 30.6 Å². The van der Waals surface area contributed by atoms with Gasteiger partial charge in [-0.25, -0.2) is 4.39 Å². The van der Waals surface area contributed by atoms with Crippen molar-refractivity contribution in [2.45, 2.75) is 147 Å². The molecule has 4 aromatic carbocycles. The number of carbonyl (C=O) groups excluding carboxylic acids is 2. The van der Waals surface area contributed by atoms with Crippen LogP contribution in [0.15, 0.2) is 78.0 Å². The van der Waals surface area contributed by atoms with E-state index < -0.39 is 23.7 Å². The number of β-amino-alcohol motifs (C(OH)–C–C–N with tert-alkyl or cyclic N) is 1. The average molecular weight is 1220 g/mol. The Hall–Kier alpha value is -8.31. The Kier molecular flexibility index (Phi) is 15.2. The third-order valence-corrected chi connectivity index (χ3v) is 20.0. The van der Waals surface area contributed by atoms with Gasteiger partial charge in [0.1, 0.15) is 41.9 Å². The molecular weight excluding hydrogens is 1140 g/mol. The van der Waals surface area contributed by atoms with E-state index in [0.29, 0.717) is 82.2 Å². The number of aromatic nitrogens is 9. The summed E-state index contributed by atoms with van der Waals surface area (Å²) in [4.78, 5) is 63.5. The maximum Gasteiger partial charge on any atom is 0.319 e. The molecule has 5 aromatic heterocycles. The lowest BCUT2D eigenvalue weighted by atomic mass is 9.85. The minimum Gasteiger partial charge on any atom is -0.486 e. The summed E-state index contributed by atoms with van der Waals surface area (Å²) in [6.07, 6.45) is 10.7. The number of aliphatic hydroxyl groups is 1. The smallest absolute Gasteiger partial charge is 0.319 e. The van der Waals surface area contributed by atoms with E-state index in [4.69, 9.17) is 29.3 Å². The number of fused-ring (bicyclic) bond motifs is 7. The summed E-state index contributed by atoms with van der Waals surface area (Å²) in [6, 6.07) is 16.9. The molecule has 5 N–H and O–H groups in total. The highest BCUT2D eigenvalue weighted by Gasteiger charge is 2.44. The second-order valence-electron chi connectivity index (χ2n) is 26.3. The van der Waals surface area contributed by atoms with Crippen LogP contribution in [-0.2, 0) is 34.0 Å². The van der Waals surface area contributed by atoms with Gasteiger partial charge in [-0.1, -0.05) is 38.1 Å². The number of nitrogens with one attached hydrogen (secondary N) is 4. The molecule has 9 aromatic rings. The Balaban J connectivity index is 0.743. The third kappa shape index (κ3) is 10.6. The molecule has 0 unspecified atom stereocenters. The zero-order valence-corrected chi connectivity index (χ0v) is 51.6. The van der Waals surface area contributed by atoms with Crippen LogP contribution in [-0.4, -0.2) is 155 Å². The number of aromatic amines is 2. The number of pyridine rings is 1. The Morgan fingerprint density at radius 3 is 2.48 bits per heavy atom. The van der Waals surface area contributed by atoms with E-state index >= 15 is 9.18 Å². The van der Waals surface area contributed by atoms with Crippen molar-refractivity contribution in [1.82, 2.24) is 65.1 Å². The second kappa shape index (κ2) is 23.5. The molecule has 1 aliphatic carbocycles. The van der Waals surface area contributed by atoms with Crippen LogP contribution in [0.3, 0.4) is 0 Å². The zero-order valence-electron chi connectivity index (χ0n) is 51.6. The Labute approximate surface area is 519 Å². The van der Waals surface area contributed by atoms with Crippen LogP contribution in [0.5, 0.6) is 11.8 Å². The number of anilines is 1. The Morgan fingerprint density at radius 1 is 0.889 bits per heavy atom. The van der Waals surface area contributed by atoms with Crippen molar-refractivity contribution in [2.75, 3.05) is 57.9 Å². The van der Waals surface area contributed by atoms with Gasteiger partial charge in [0.2, 0.25) is 11.8 Å². The van der Waals surface area contributed by atoms with Crippen molar-refractivity contribution in [2.24, 2.45) is 5.92 Å². The average Bonchev–Trinajstić information content (AvgIpc) is 1.39. The third-order valence-electron chi connectivity index (χ3n) is 20.0. The molecule has 10 heterocycles. The topological polar surface area (TPSA) is 239 Å². The van der Waals surface area contributed by atoms with Gasteiger partial charge in [-0.2, -0.15) is 25.3 Å². The fraction of sp³-hybridized carbons (Fsp3) is 0.471. The highest BCUT2D eigenvalue weighted by atomic mass is 19.1. The maximum atomic E-state index is 16.3. The van der Waals surface area contributed by atoms with Crippen LogP contribution in [0.4, 0.5) is 10.2 Å².